The molecule has 8 rings (SSSR count). The van der Waals surface area contributed by atoms with Gasteiger partial charge >= 0.3 is 0 Å². The zero-order chi connectivity index (χ0) is 44.5. The SMILES string of the molecule is CCc1cc(N(c2ccc(C(C)(C)C)cc2)c2ccc([Si](C)(C)C)cc2)c2ccc3c(CC)cc(N(c4ccc(C(C)(C)C)cc4)c4ccc([Si](C)(C)C)cc4)c4ccc1c2c34. The molecule has 0 saturated carbocycles. The maximum absolute atomic E-state index is 2.52. The van der Waals surface area contributed by atoms with Crippen LogP contribution in [-0.2, 0) is 23.7 Å². The molecule has 62 heavy (non-hydrogen) atoms. The quantitative estimate of drug-likeness (QED) is 0.0999. The Morgan fingerprint density at radius 2 is 0.645 bits per heavy atom. The number of aryl methyl sites for hydroxylation is 2. The fourth-order valence-electron chi connectivity index (χ4n) is 9.35. The second kappa shape index (κ2) is 15.9. The van der Waals surface area contributed by atoms with Crippen molar-refractivity contribution in [3.63, 3.8) is 0 Å². The normalized spacial score (nSPS) is 12.8. The zero-order valence-corrected chi connectivity index (χ0v) is 42.0. The molecular weight excluding hydrogens is 781 g/mol. The highest BCUT2D eigenvalue weighted by atomic mass is 28.3. The smallest absolute Gasteiger partial charge is 0.0775 e. The molecule has 0 N–H and O–H groups in total. The maximum atomic E-state index is 2.52. The molecule has 0 heterocycles. The first kappa shape index (κ1) is 43.5. The fraction of sp³-hybridized carbons (Fsp3) is 0.310. The largest absolute Gasteiger partial charge is 0.310 e. The number of anilines is 6. The molecule has 8 aromatic carbocycles. The van der Waals surface area contributed by atoms with Crippen molar-refractivity contribution < 1.29 is 0 Å². The van der Waals surface area contributed by atoms with E-state index in [1.54, 1.807) is 0 Å². The molecule has 0 saturated heterocycles. The summed E-state index contributed by atoms with van der Waals surface area (Å²) in [5.74, 6) is 0. The van der Waals surface area contributed by atoms with E-state index < -0.39 is 16.1 Å². The third-order valence-corrected chi connectivity index (χ3v) is 17.4. The summed E-state index contributed by atoms with van der Waals surface area (Å²) in [6, 6.07) is 52.3. The Bertz CT molecular complexity index is 2550. The van der Waals surface area contributed by atoms with Gasteiger partial charge in [0.15, 0.2) is 0 Å². The van der Waals surface area contributed by atoms with Crippen LogP contribution in [0.1, 0.15) is 77.6 Å². The molecular formula is C58H68N2Si2. The number of hydrogen-bond donors (Lipinski definition) is 0. The van der Waals surface area contributed by atoms with Crippen molar-refractivity contribution in [1.29, 1.82) is 0 Å². The van der Waals surface area contributed by atoms with Gasteiger partial charge in [-0.25, -0.2) is 0 Å². The lowest BCUT2D eigenvalue weighted by molar-refractivity contribution is 0.590. The fourth-order valence-corrected chi connectivity index (χ4v) is 11.7. The van der Waals surface area contributed by atoms with Crippen molar-refractivity contribution in [2.75, 3.05) is 9.80 Å². The van der Waals surface area contributed by atoms with E-state index in [0.717, 1.165) is 12.8 Å². The van der Waals surface area contributed by atoms with Crippen LogP contribution in [0, 0.1) is 0 Å². The molecule has 0 unspecified atom stereocenters. The second-order valence-corrected chi connectivity index (χ2v) is 31.9. The lowest BCUT2D eigenvalue weighted by atomic mass is 9.86. The van der Waals surface area contributed by atoms with E-state index in [9.17, 15) is 0 Å². The molecule has 0 aromatic heterocycles. The summed E-state index contributed by atoms with van der Waals surface area (Å²) in [7, 11) is -3.00. The second-order valence-electron chi connectivity index (χ2n) is 21.7. The van der Waals surface area contributed by atoms with Crippen LogP contribution in [0.3, 0.4) is 0 Å². The third-order valence-electron chi connectivity index (χ3n) is 13.2. The van der Waals surface area contributed by atoms with E-state index in [1.807, 2.05) is 0 Å². The molecule has 0 bridgehead atoms. The highest BCUT2D eigenvalue weighted by Crippen LogP contribution is 2.50. The van der Waals surface area contributed by atoms with Gasteiger partial charge in [-0.1, -0.05) is 178 Å². The molecule has 4 heteroatoms. The van der Waals surface area contributed by atoms with Crippen LogP contribution in [0.15, 0.2) is 133 Å². The summed E-state index contributed by atoms with van der Waals surface area (Å²) >= 11 is 0. The van der Waals surface area contributed by atoms with Gasteiger partial charge in [-0.3, -0.25) is 0 Å². The highest BCUT2D eigenvalue weighted by molar-refractivity contribution is 6.89. The Morgan fingerprint density at radius 1 is 0.371 bits per heavy atom. The summed E-state index contributed by atoms with van der Waals surface area (Å²) < 4.78 is 0. The summed E-state index contributed by atoms with van der Waals surface area (Å²) in [6.07, 6.45) is 1.88. The van der Waals surface area contributed by atoms with Crippen molar-refractivity contribution in [2.24, 2.45) is 0 Å². The van der Waals surface area contributed by atoms with Gasteiger partial charge in [0.1, 0.15) is 0 Å². The van der Waals surface area contributed by atoms with Crippen molar-refractivity contribution in [2.45, 2.75) is 118 Å². The van der Waals surface area contributed by atoms with Gasteiger partial charge < -0.3 is 9.80 Å². The topological polar surface area (TPSA) is 6.48 Å². The molecule has 0 atom stereocenters. The number of nitrogens with zero attached hydrogens (tertiary/aromatic N) is 2. The summed E-state index contributed by atoms with van der Waals surface area (Å²) in [4.78, 5) is 5.05. The van der Waals surface area contributed by atoms with Crippen LogP contribution >= 0.6 is 0 Å². The number of rotatable bonds is 10. The molecule has 0 amide bonds. The average Bonchev–Trinajstić information content (AvgIpc) is 3.23. The van der Waals surface area contributed by atoms with Gasteiger partial charge in [0.05, 0.1) is 27.5 Å². The molecule has 0 aliphatic heterocycles. The average molecular weight is 849 g/mol. The minimum Gasteiger partial charge on any atom is -0.310 e. The van der Waals surface area contributed by atoms with Crippen molar-refractivity contribution in [3.8, 4) is 0 Å². The van der Waals surface area contributed by atoms with E-state index in [1.165, 1.54) is 99.1 Å². The van der Waals surface area contributed by atoms with Crippen LogP contribution in [0.4, 0.5) is 34.1 Å². The maximum Gasteiger partial charge on any atom is 0.0775 e. The molecule has 318 valence electrons. The first-order chi connectivity index (χ1) is 29.2. The molecule has 0 fully saturated rings. The third kappa shape index (κ3) is 8.01. The molecule has 2 nitrogen and oxygen atoms in total. The van der Waals surface area contributed by atoms with Crippen molar-refractivity contribution >= 4 is 93.0 Å². The predicted octanol–water partition coefficient (Wildman–Crippen LogP) is 16.3. The zero-order valence-electron chi connectivity index (χ0n) is 40.0. The summed E-state index contributed by atoms with van der Waals surface area (Å²) in [5, 5.41) is 10.9. The Balaban J connectivity index is 1.43. The standard InChI is InChI=1S/C58H68N2Si2/c1-15-39-37-53(59(43-21-17-41(18-22-43)57(3,4)5)45-25-29-47(30-26-45)61(9,10)11)51-36-34-50-40(16-2)38-54(52-35-33-49(39)55(51)56(50)52)60(44-23-19-42(20-24-44)58(6,7)8)46-27-31-48(32-28-46)62(12,13)14/h17-38H,15-16H2,1-14H3. The van der Waals surface area contributed by atoms with Crippen LogP contribution in [0.25, 0.3) is 32.3 Å². The molecule has 0 aliphatic rings. The van der Waals surface area contributed by atoms with Crippen LogP contribution in [0.5, 0.6) is 0 Å². The van der Waals surface area contributed by atoms with E-state index in [-0.39, 0.29) is 10.8 Å². The van der Waals surface area contributed by atoms with Gasteiger partial charge in [0.25, 0.3) is 0 Å². The summed E-state index contributed by atoms with van der Waals surface area (Å²) in [6.45, 7) is 33.0. The van der Waals surface area contributed by atoms with Crippen LogP contribution < -0.4 is 20.2 Å². The van der Waals surface area contributed by atoms with Gasteiger partial charge in [-0.15, -0.1) is 0 Å². The molecule has 0 radical (unpaired) electrons. The molecule has 8 aromatic rings. The monoisotopic (exact) mass is 848 g/mol. The Hall–Kier alpha value is -5.17. The Morgan fingerprint density at radius 3 is 0.903 bits per heavy atom. The van der Waals surface area contributed by atoms with Gasteiger partial charge in [-0.2, -0.15) is 0 Å². The lowest BCUT2D eigenvalue weighted by Gasteiger charge is -2.32. The minimum absolute atomic E-state index is 0.0677. The van der Waals surface area contributed by atoms with E-state index in [2.05, 4.69) is 238 Å². The molecule has 0 aliphatic carbocycles. The van der Waals surface area contributed by atoms with E-state index in [0.29, 0.717) is 0 Å². The van der Waals surface area contributed by atoms with Gasteiger partial charge in [0.2, 0.25) is 0 Å². The Labute approximate surface area is 375 Å². The predicted molar refractivity (Wildman–Crippen MR) is 282 cm³/mol. The van der Waals surface area contributed by atoms with Crippen LogP contribution in [0.2, 0.25) is 39.3 Å². The highest BCUT2D eigenvalue weighted by Gasteiger charge is 2.27. The summed E-state index contributed by atoms with van der Waals surface area (Å²) in [5.41, 5.74) is 12.8. The minimum atomic E-state index is -1.50. The number of benzene rings is 8. The van der Waals surface area contributed by atoms with E-state index >= 15 is 0 Å². The van der Waals surface area contributed by atoms with E-state index in [4.69, 9.17) is 0 Å². The lowest BCUT2D eigenvalue weighted by Crippen LogP contribution is -2.37. The number of hydrogen-bond acceptors (Lipinski definition) is 2. The first-order valence-corrected chi connectivity index (χ1v) is 30.0. The van der Waals surface area contributed by atoms with Crippen molar-refractivity contribution in [1.82, 2.24) is 0 Å². The van der Waals surface area contributed by atoms with Gasteiger partial charge in [0, 0.05) is 33.5 Å². The van der Waals surface area contributed by atoms with Gasteiger partial charge in [-0.05, 0) is 128 Å². The molecule has 0 spiro atoms. The Kier molecular flexibility index (Phi) is 11.1. The van der Waals surface area contributed by atoms with Crippen LogP contribution in [-0.4, -0.2) is 16.1 Å². The first-order valence-electron chi connectivity index (χ1n) is 23.0. The van der Waals surface area contributed by atoms with Crippen molar-refractivity contribution in [3.05, 3.63) is 156 Å².